The Kier molecular flexibility index (Phi) is 9.25. The van der Waals surface area contributed by atoms with Crippen molar-refractivity contribution in [2.24, 2.45) is 0 Å². The van der Waals surface area contributed by atoms with Crippen LogP contribution in [-0.4, -0.2) is 55.0 Å². The molecule has 0 atom stereocenters. The van der Waals surface area contributed by atoms with Crippen LogP contribution >= 0.6 is 0 Å². The van der Waals surface area contributed by atoms with Crippen molar-refractivity contribution < 1.29 is 47.9 Å². The molecule has 0 aliphatic rings. The molecule has 0 fully saturated rings. The van der Waals surface area contributed by atoms with Crippen LogP contribution in [0, 0.1) is 0 Å². The summed E-state index contributed by atoms with van der Waals surface area (Å²) in [5.74, 6) is 0. The molecule has 0 heterocycles. The molecule has 0 N–H and O–H groups in total. The number of ether oxygens (including phenoxy) is 1. The fourth-order valence-electron chi connectivity index (χ4n) is 1.72. The maximum absolute atomic E-state index is 13.1. The summed E-state index contributed by atoms with van der Waals surface area (Å²) < 4.78 is 104. The summed E-state index contributed by atoms with van der Waals surface area (Å²) in [5.41, 5.74) is 0. The van der Waals surface area contributed by atoms with E-state index in [1.165, 1.54) is 0 Å². The lowest BCUT2D eigenvalue weighted by Crippen LogP contribution is -2.48. The minimum absolute atomic E-state index is 0.0213. The SMILES string of the molecule is CCO[Si](CCCOC(F)(F)C(F)(F)S(=O)(=O)F)(OCC)OCC. The second-order valence-corrected chi connectivity index (χ2v) is 8.53. The van der Waals surface area contributed by atoms with Crippen LogP contribution in [0.3, 0.4) is 0 Å². The van der Waals surface area contributed by atoms with E-state index in [4.69, 9.17) is 13.3 Å². The van der Waals surface area contributed by atoms with Crippen molar-refractivity contribution in [2.75, 3.05) is 26.4 Å². The van der Waals surface area contributed by atoms with Crippen LogP contribution in [0.5, 0.6) is 0 Å². The molecule has 0 bridgehead atoms. The van der Waals surface area contributed by atoms with E-state index in [9.17, 15) is 29.9 Å². The predicted molar refractivity (Wildman–Crippen MR) is 75.9 cm³/mol. The second-order valence-electron chi connectivity index (χ2n) is 4.41. The average Bonchev–Trinajstić information content (AvgIpc) is 2.43. The lowest BCUT2D eigenvalue weighted by atomic mass is 10.5. The lowest BCUT2D eigenvalue weighted by Gasteiger charge is -2.29. The molecule has 0 spiro atoms. The Hall–Kier alpha value is -0.343. The van der Waals surface area contributed by atoms with Gasteiger partial charge in [-0.15, -0.1) is 0 Å². The van der Waals surface area contributed by atoms with E-state index in [2.05, 4.69) is 4.74 Å². The molecule has 6 nitrogen and oxygen atoms in total. The Morgan fingerprint density at radius 1 is 0.917 bits per heavy atom. The highest BCUT2D eigenvalue weighted by atomic mass is 32.3. The van der Waals surface area contributed by atoms with Crippen molar-refractivity contribution in [3.63, 3.8) is 0 Å². The molecule has 0 aromatic rings. The molecule has 0 unspecified atom stereocenters. The fourth-order valence-corrected chi connectivity index (χ4v) is 4.64. The maximum atomic E-state index is 13.1. The van der Waals surface area contributed by atoms with Crippen molar-refractivity contribution in [1.29, 1.82) is 0 Å². The largest absolute Gasteiger partial charge is 0.501 e. The zero-order valence-electron chi connectivity index (χ0n) is 13.5. The van der Waals surface area contributed by atoms with E-state index in [0.717, 1.165) is 0 Å². The highest BCUT2D eigenvalue weighted by molar-refractivity contribution is 7.87. The Morgan fingerprint density at radius 3 is 1.67 bits per heavy atom. The van der Waals surface area contributed by atoms with Gasteiger partial charge in [-0.3, -0.25) is 0 Å². The third kappa shape index (κ3) is 6.18. The van der Waals surface area contributed by atoms with E-state index < -0.39 is 37.0 Å². The van der Waals surface area contributed by atoms with Gasteiger partial charge in [-0.1, -0.05) is 3.89 Å². The summed E-state index contributed by atoms with van der Waals surface area (Å²) in [6.45, 7) is 4.69. The monoisotopic (exact) mass is 404 g/mol. The molecule has 0 radical (unpaired) electrons. The Labute approximate surface area is 138 Å². The van der Waals surface area contributed by atoms with Crippen LogP contribution in [0.15, 0.2) is 0 Å². The van der Waals surface area contributed by atoms with Gasteiger partial charge in [-0.05, 0) is 27.2 Å². The Bertz CT molecular complexity index is 459. The van der Waals surface area contributed by atoms with Crippen LogP contribution < -0.4 is 0 Å². The normalized spacial score (nSPS) is 14.2. The van der Waals surface area contributed by atoms with Crippen molar-refractivity contribution >= 4 is 19.0 Å². The van der Waals surface area contributed by atoms with E-state index in [1.54, 1.807) is 20.8 Å². The van der Waals surface area contributed by atoms with Gasteiger partial charge in [0.15, 0.2) is 0 Å². The van der Waals surface area contributed by atoms with Gasteiger partial charge in [0.1, 0.15) is 0 Å². The average molecular weight is 404 g/mol. The van der Waals surface area contributed by atoms with E-state index in [0.29, 0.717) is 0 Å². The van der Waals surface area contributed by atoms with Crippen LogP contribution in [-0.2, 0) is 28.2 Å². The quantitative estimate of drug-likeness (QED) is 0.203. The minimum atomic E-state index is -6.83. The summed E-state index contributed by atoms with van der Waals surface area (Å²) in [4.78, 5) is 0. The van der Waals surface area contributed by atoms with Gasteiger partial charge in [0, 0.05) is 25.9 Å². The van der Waals surface area contributed by atoms with Crippen molar-refractivity contribution in [2.45, 2.75) is 44.6 Å². The molecule has 0 aliphatic carbocycles. The first-order valence-electron chi connectivity index (χ1n) is 7.14. The van der Waals surface area contributed by atoms with Gasteiger partial charge >= 0.3 is 30.4 Å². The molecule has 24 heavy (non-hydrogen) atoms. The first-order valence-corrected chi connectivity index (χ1v) is 10.5. The third-order valence-electron chi connectivity index (χ3n) is 2.65. The fraction of sp³-hybridized carbons (Fsp3) is 1.00. The summed E-state index contributed by atoms with van der Waals surface area (Å²) >= 11 is 0. The Balaban J connectivity index is 4.78. The highest BCUT2D eigenvalue weighted by Gasteiger charge is 2.68. The number of halogens is 5. The Morgan fingerprint density at radius 2 is 1.33 bits per heavy atom. The first kappa shape index (κ1) is 23.7. The van der Waals surface area contributed by atoms with E-state index >= 15 is 0 Å². The number of alkyl halides is 4. The standard InChI is InChI=1S/C11H21F5O6SSi/c1-4-20-24(21-5-2,22-6-3)9-7-8-19-10(12,13)11(14,15)23(16,17)18/h4-9H2,1-3H3. The van der Waals surface area contributed by atoms with Crippen molar-refractivity contribution in [3.05, 3.63) is 0 Å². The lowest BCUT2D eigenvalue weighted by molar-refractivity contribution is -0.317. The van der Waals surface area contributed by atoms with Crippen LogP contribution in [0.2, 0.25) is 6.04 Å². The molecule has 0 aliphatic heterocycles. The highest BCUT2D eigenvalue weighted by Crippen LogP contribution is 2.40. The van der Waals surface area contributed by atoms with Crippen LogP contribution in [0.25, 0.3) is 0 Å². The van der Waals surface area contributed by atoms with Crippen LogP contribution in [0.1, 0.15) is 27.2 Å². The molecule has 146 valence electrons. The van der Waals surface area contributed by atoms with Gasteiger partial charge in [-0.25, -0.2) is 0 Å². The smallest absolute Gasteiger partial charge is 0.374 e. The molecular formula is C11H21F5O6SSi. The molecule has 0 aromatic heterocycles. The molecule has 0 saturated carbocycles. The maximum Gasteiger partial charge on any atom is 0.501 e. The number of rotatable bonds is 13. The summed E-state index contributed by atoms with van der Waals surface area (Å²) in [5, 5.41) is -5.98. The summed E-state index contributed by atoms with van der Waals surface area (Å²) in [6.07, 6.45) is -5.75. The van der Waals surface area contributed by atoms with Gasteiger partial charge in [-0.2, -0.15) is 26.0 Å². The number of hydrogen-bond donors (Lipinski definition) is 0. The van der Waals surface area contributed by atoms with Gasteiger partial charge in [0.2, 0.25) is 0 Å². The van der Waals surface area contributed by atoms with Gasteiger partial charge in [0.05, 0.1) is 6.61 Å². The zero-order valence-corrected chi connectivity index (χ0v) is 15.3. The molecule has 0 saturated heterocycles. The molecule has 0 amide bonds. The zero-order chi connectivity index (χ0) is 19.1. The van der Waals surface area contributed by atoms with Crippen LogP contribution in [0.4, 0.5) is 21.4 Å². The third-order valence-corrected chi connectivity index (χ3v) is 6.65. The van der Waals surface area contributed by atoms with E-state index in [-0.39, 0.29) is 32.3 Å². The summed E-state index contributed by atoms with van der Waals surface area (Å²) in [6, 6.07) is -0.0213. The second kappa shape index (κ2) is 9.38. The minimum Gasteiger partial charge on any atom is -0.374 e. The predicted octanol–water partition coefficient (Wildman–Crippen LogP) is 2.93. The molecule has 13 heteroatoms. The molecule has 0 aromatic carbocycles. The first-order chi connectivity index (χ1) is 10.9. The molecular weight excluding hydrogens is 383 g/mol. The van der Waals surface area contributed by atoms with E-state index in [1.807, 2.05) is 0 Å². The topological polar surface area (TPSA) is 71.1 Å². The molecule has 0 rings (SSSR count). The van der Waals surface area contributed by atoms with Crippen molar-refractivity contribution in [1.82, 2.24) is 0 Å². The summed E-state index contributed by atoms with van der Waals surface area (Å²) in [7, 11) is -10.0. The number of hydrogen-bond acceptors (Lipinski definition) is 6. The van der Waals surface area contributed by atoms with Gasteiger partial charge < -0.3 is 18.0 Å². The van der Waals surface area contributed by atoms with Crippen molar-refractivity contribution in [3.8, 4) is 0 Å². The van der Waals surface area contributed by atoms with Gasteiger partial charge in [0.25, 0.3) is 0 Å².